The predicted molar refractivity (Wildman–Crippen MR) is 99.3 cm³/mol. The van der Waals surface area contributed by atoms with Gasteiger partial charge in [0.1, 0.15) is 0 Å². The van der Waals surface area contributed by atoms with Gasteiger partial charge in [-0.1, -0.05) is 12.8 Å². The highest BCUT2D eigenvalue weighted by Crippen LogP contribution is 2.29. The van der Waals surface area contributed by atoms with Crippen molar-refractivity contribution in [2.45, 2.75) is 64.0 Å². The van der Waals surface area contributed by atoms with Gasteiger partial charge >= 0.3 is 0 Å². The van der Waals surface area contributed by atoms with E-state index in [1.165, 1.54) is 36.1 Å². The van der Waals surface area contributed by atoms with Crippen LogP contribution in [0.15, 0.2) is 18.5 Å². The van der Waals surface area contributed by atoms with Gasteiger partial charge in [0.15, 0.2) is 0 Å². The molecular weight excluding hydrogens is 334 g/mol. The van der Waals surface area contributed by atoms with Crippen molar-refractivity contribution in [3.05, 3.63) is 33.8 Å². The van der Waals surface area contributed by atoms with E-state index in [1.54, 1.807) is 17.5 Å². The van der Waals surface area contributed by atoms with Crippen LogP contribution in [0.5, 0.6) is 0 Å². The topological polar surface area (TPSA) is 56.2 Å². The molecule has 2 aliphatic rings. The zero-order chi connectivity index (χ0) is 17.1. The number of amides is 1. The van der Waals surface area contributed by atoms with Crippen LogP contribution in [0.1, 0.15) is 58.6 Å². The van der Waals surface area contributed by atoms with Crippen molar-refractivity contribution in [3.63, 3.8) is 0 Å². The Morgan fingerprint density at radius 3 is 3.00 bits per heavy atom. The normalized spacial score (nSPS) is 20.7. The van der Waals surface area contributed by atoms with Crippen LogP contribution in [0, 0.1) is 0 Å². The molecule has 1 atom stereocenters. The van der Waals surface area contributed by atoms with Gasteiger partial charge in [0.25, 0.3) is 5.91 Å². The van der Waals surface area contributed by atoms with Crippen molar-refractivity contribution in [1.29, 1.82) is 0 Å². The fourth-order valence-electron chi connectivity index (χ4n) is 3.67. The third-order valence-corrected chi connectivity index (χ3v) is 6.26. The third kappa shape index (κ3) is 4.12. The summed E-state index contributed by atoms with van der Waals surface area (Å²) in [5, 5.41) is 7.33. The second kappa shape index (κ2) is 7.70. The third-order valence-electron chi connectivity index (χ3n) is 5.03. The first-order valence-corrected chi connectivity index (χ1v) is 10.2. The molecule has 0 radical (unpaired) electrons. The van der Waals surface area contributed by atoms with E-state index in [0.717, 1.165) is 49.4 Å². The molecular formula is C19H25N3O2S. The summed E-state index contributed by atoms with van der Waals surface area (Å²) in [6.07, 6.45) is 13.4. The highest BCUT2D eigenvalue weighted by Gasteiger charge is 2.18. The minimum Gasteiger partial charge on any atom is -0.376 e. The lowest BCUT2D eigenvalue weighted by Crippen LogP contribution is -2.15. The lowest BCUT2D eigenvalue weighted by molar-refractivity contribution is 0.0940. The van der Waals surface area contributed by atoms with Gasteiger partial charge in [0.05, 0.1) is 29.4 Å². The fraction of sp³-hybridized carbons (Fsp3) is 0.579. The van der Waals surface area contributed by atoms with Gasteiger partial charge in [-0.05, 0) is 50.2 Å². The van der Waals surface area contributed by atoms with Crippen LogP contribution in [0.25, 0.3) is 0 Å². The summed E-state index contributed by atoms with van der Waals surface area (Å²) in [7, 11) is 0. The molecule has 2 aromatic rings. The zero-order valence-corrected chi connectivity index (χ0v) is 15.3. The number of anilines is 1. The molecule has 0 spiro atoms. The Morgan fingerprint density at radius 2 is 2.16 bits per heavy atom. The molecule has 1 aliphatic carbocycles. The monoisotopic (exact) mass is 359 g/mol. The van der Waals surface area contributed by atoms with Crippen LogP contribution in [0.3, 0.4) is 0 Å². The van der Waals surface area contributed by atoms with E-state index < -0.39 is 0 Å². The number of rotatable bonds is 4. The lowest BCUT2D eigenvalue weighted by Gasteiger charge is -2.08. The Hall–Kier alpha value is -1.66. The smallest absolute Gasteiger partial charge is 0.265 e. The minimum absolute atomic E-state index is 0.0200. The zero-order valence-electron chi connectivity index (χ0n) is 14.5. The molecule has 25 heavy (non-hydrogen) atoms. The molecule has 1 saturated heterocycles. The summed E-state index contributed by atoms with van der Waals surface area (Å²) in [4.78, 5) is 14.8. The van der Waals surface area contributed by atoms with E-state index in [9.17, 15) is 4.79 Å². The standard InChI is InChI=1S/C19H25N3O2S/c23-19(18-10-14-6-3-1-2-4-8-17(14)25-18)21-15-11-20-22(12-15)13-16-7-5-9-24-16/h10-12,16H,1-9,13H2,(H,21,23)/t16-/m0/s1. The van der Waals surface area contributed by atoms with Crippen molar-refractivity contribution in [3.8, 4) is 0 Å². The van der Waals surface area contributed by atoms with E-state index in [0.29, 0.717) is 0 Å². The molecule has 1 N–H and O–H groups in total. The molecule has 0 unspecified atom stereocenters. The highest BCUT2D eigenvalue weighted by molar-refractivity contribution is 7.14. The largest absolute Gasteiger partial charge is 0.376 e. The number of fused-ring (bicyclic) bond motifs is 1. The Morgan fingerprint density at radius 1 is 1.28 bits per heavy atom. The first kappa shape index (κ1) is 16.8. The molecule has 2 aromatic heterocycles. The molecule has 0 aromatic carbocycles. The number of ether oxygens (including phenoxy) is 1. The SMILES string of the molecule is O=C(Nc1cnn(C[C@@H]2CCCO2)c1)c1cc2c(s1)CCCCCC2. The van der Waals surface area contributed by atoms with E-state index in [2.05, 4.69) is 16.5 Å². The second-order valence-corrected chi connectivity index (χ2v) is 8.15. The Balaban J connectivity index is 1.40. The summed E-state index contributed by atoms with van der Waals surface area (Å²) < 4.78 is 7.50. The van der Waals surface area contributed by atoms with E-state index in [4.69, 9.17) is 4.74 Å². The van der Waals surface area contributed by atoms with Gasteiger partial charge in [-0.15, -0.1) is 11.3 Å². The van der Waals surface area contributed by atoms with Gasteiger partial charge < -0.3 is 10.1 Å². The van der Waals surface area contributed by atoms with Crippen molar-refractivity contribution < 1.29 is 9.53 Å². The average molecular weight is 359 g/mol. The quantitative estimate of drug-likeness (QED) is 0.896. The van der Waals surface area contributed by atoms with Crippen LogP contribution in [-0.4, -0.2) is 28.4 Å². The number of hydrogen-bond donors (Lipinski definition) is 1. The molecule has 1 aliphatic heterocycles. The van der Waals surface area contributed by atoms with Crippen molar-refractivity contribution in [1.82, 2.24) is 9.78 Å². The van der Waals surface area contributed by atoms with Crippen LogP contribution in [0.4, 0.5) is 5.69 Å². The fourth-order valence-corrected chi connectivity index (χ4v) is 4.82. The molecule has 134 valence electrons. The minimum atomic E-state index is -0.0200. The maximum Gasteiger partial charge on any atom is 0.265 e. The maximum atomic E-state index is 12.6. The number of aryl methyl sites for hydroxylation is 2. The Labute approximate surface area is 152 Å². The first-order valence-electron chi connectivity index (χ1n) is 9.35. The average Bonchev–Trinajstić information content (AvgIpc) is 3.30. The molecule has 4 rings (SSSR count). The van der Waals surface area contributed by atoms with Crippen LogP contribution >= 0.6 is 11.3 Å². The van der Waals surface area contributed by atoms with Crippen molar-refractivity contribution in [2.75, 3.05) is 11.9 Å². The Bertz CT molecular complexity index is 705. The number of hydrogen-bond acceptors (Lipinski definition) is 4. The molecule has 1 amide bonds. The summed E-state index contributed by atoms with van der Waals surface area (Å²) >= 11 is 1.66. The molecule has 6 heteroatoms. The van der Waals surface area contributed by atoms with E-state index in [-0.39, 0.29) is 12.0 Å². The molecule has 0 bridgehead atoms. The molecule has 5 nitrogen and oxygen atoms in total. The van der Waals surface area contributed by atoms with E-state index >= 15 is 0 Å². The lowest BCUT2D eigenvalue weighted by atomic mass is 10.00. The first-order chi connectivity index (χ1) is 12.3. The summed E-state index contributed by atoms with van der Waals surface area (Å²) in [6.45, 7) is 1.60. The summed E-state index contributed by atoms with van der Waals surface area (Å²) in [6, 6.07) is 2.09. The van der Waals surface area contributed by atoms with Crippen molar-refractivity contribution >= 4 is 22.9 Å². The number of carbonyl (C=O) groups excluding carboxylic acids is 1. The highest BCUT2D eigenvalue weighted by atomic mass is 32.1. The van der Waals surface area contributed by atoms with Gasteiger partial charge in [0, 0.05) is 17.7 Å². The number of carbonyl (C=O) groups is 1. The number of nitrogens with zero attached hydrogens (tertiary/aromatic N) is 2. The second-order valence-electron chi connectivity index (χ2n) is 7.01. The summed E-state index contributed by atoms with van der Waals surface area (Å²) in [5.41, 5.74) is 2.13. The number of nitrogens with one attached hydrogen (secondary N) is 1. The summed E-state index contributed by atoms with van der Waals surface area (Å²) in [5.74, 6) is -0.0200. The van der Waals surface area contributed by atoms with Gasteiger partial charge in [-0.2, -0.15) is 5.10 Å². The Kier molecular flexibility index (Phi) is 5.17. The van der Waals surface area contributed by atoms with E-state index in [1.807, 2.05) is 10.9 Å². The molecule has 0 saturated carbocycles. The van der Waals surface area contributed by atoms with Crippen LogP contribution in [-0.2, 0) is 24.1 Å². The maximum absolute atomic E-state index is 12.6. The van der Waals surface area contributed by atoms with Crippen molar-refractivity contribution in [2.24, 2.45) is 0 Å². The van der Waals surface area contributed by atoms with Gasteiger partial charge in [0.2, 0.25) is 0 Å². The number of aromatic nitrogens is 2. The molecule has 3 heterocycles. The molecule has 1 fully saturated rings. The number of thiophene rings is 1. The van der Waals surface area contributed by atoms with Crippen LogP contribution in [0.2, 0.25) is 0 Å². The van der Waals surface area contributed by atoms with Crippen LogP contribution < -0.4 is 5.32 Å². The predicted octanol–water partition coefficient (Wildman–Crippen LogP) is 4.03. The van der Waals surface area contributed by atoms with Gasteiger partial charge in [-0.25, -0.2) is 0 Å². The van der Waals surface area contributed by atoms with Gasteiger partial charge in [-0.3, -0.25) is 9.48 Å².